The Morgan fingerprint density at radius 3 is 2.31 bits per heavy atom. The number of hydrogen-bond donors (Lipinski definition) is 1. The molecular formula is C19H28IN5O2S2. The molecule has 1 aliphatic rings. The zero-order chi connectivity index (χ0) is 20.1. The molecule has 1 saturated heterocycles. The molecule has 0 amide bonds. The fourth-order valence-corrected chi connectivity index (χ4v) is 4.78. The maximum atomic E-state index is 12.2. The molecule has 1 N–H and O–H groups in total. The molecule has 0 atom stereocenters. The van der Waals surface area contributed by atoms with Gasteiger partial charge in [-0.1, -0.05) is 12.1 Å². The van der Waals surface area contributed by atoms with Gasteiger partial charge in [0.15, 0.2) is 5.96 Å². The summed E-state index contributed by atoms with van der Waals surface area (Å²) in [4.78, 5) is 9.37. The van der Waals surface area contributed by atoms with Crippen molar-refractivity contribution in [1.29, 1.82) is 0 Å². The van der Waals surface area contributed by atoms with Crippen LogP contribution in [0.5, 0.6) is 0 Å². The molecule has 1 aliphatic heterocycles. The Hall–Kier alpha value is -1.37. The van der Waals surface area contributed by atoms with Crippen molar-refractivity contribution < 1.29 is 8.42 Å². The molecule has 1 aromatic heterocycles. The van der Waals surface area contributed by atoms with Crippen LogP contribution in [0.4, 0.5) is 5.00 Å². The third-order valence-corrected chi connectivity index (χ3v) is 7.52. The predicted molar refractivity (Wildman–Crippen MR) is 131 cm³/mol. The highest BCUT2D eigenvalue weighted by molar-refractivity contribution is 14.0. The molecule has 0 aliphatic carbocycles. The first-order valence-electron chi connectivity index (χ1n) is 9.17. The van der Waals surface area contributed by atoms with Crippen LogP contribution in [-0.2, 0) is 16.6 Å². The van der Waals surface area contributed by atoms with Crippen LogP contribution in [0.3, 0.4) is 0 Å². The highest BCUT2D eigenvalue weighted by atomic mass is 127. The van der Waals surface area contributed by atoms with Crippen LogP contribution < -0.4 is 10.2 Å². The topological polar surface area (TPSA) is 68.2 Å². The van der Waals surface area contributed by atoms with E-state index >= 15 is 0 Å². The first-order chi connectivity index (χ1) is 13.4. The van der Waals surface area contributed by atoms with Gasteiger partial charge < -0.3 is 15.1 Å². The molecule has 0 bridgehead atoms. The number of guanidine groups is 1. The number of nitrogens with one attached hydrogen (secondary N) is 1. The number of sulfonamides is 1. The third kappa shape index (κ3) is 5.83. The van der Waals surface area contributed by atoms with Gasteiger partial charge in [0.25, 0.3) is 0 Å². The van der Waals surface area contributed by atoms with E-state index in [9.17, 15) is 8.42 Å². The van der Waals surface area contributed by atoms with E-state index in [1.165, 1.54) is 23.4 Å². The second kappa shape index (κ2) is 10.6. The molecule has 1 aromatic carbocycles. The first-order valence-corrected chi connectivity index (χ1v) is 11.5. The lowest BCUT2D eigenvalue weighted by Gasteiger charge is -2.37. The fourth-order valence-electron chi connectivity index (χ4n) is 3.09. The number of hydrogen-bond acceptors (Lipinski definition) is 5. The van der Waals surface area contributed by atoms with Gasteiger partial charge in [0, 0.05) is 53.9 Å². The van der Waals surface area contributed by atoms with Crippen LogP contribution >= 0.6 is 35.3 Å². The number of nitrogens with zero attached hydrogens (tertiary/aromatic N) is 4. The van der Waals surface area contributed by atoms with E-state index in [1.54, 1.807) is 30.5 Å². The Kier molecular flexibility index (Phi) is 8.73. The Labute approximate surface area is 194 Å². The van der Waals surface area contributed by atoms with E-state index in [1.807, 2.05) is 12.1 Å². The number of rotatable bonds is 5. The van der Waals surface area contributed by atoms with Crippen molar-refractivity contribution in [3.05, 3.63) is 47.3 Å². The first kappa shape index (κ1) is 23.9. The summed E-state index contributed by atoms with van der Waals surface area (Å²) in [6.07, 6.45) is 0. The quantitative estimate of drug-likeness (QED) is 0.353. The molecule has 0 radical (unpaired) electrons. The SMILES string of the molecule is CN=C(NCc1ccc(S(=O)(=O)N(C)C)cc1)N1CCN(c2cccs2)CC1.I. The van der Waals surface area contributed by atoms with Gasteiger partial charge in [0.1, 0.15) is 0 Å². The molecule has 29 heavy (non-hydrogen) atoms. The van der Waals surface area contributed by atoms with Crippen LogP contribution in [0.1, 0.15) is 5.56 Å². The molecule has 0 unspecified atom stereocenters. The van der Waals surface area contributed by atoms with Crippen LogP contribution in [0.25, 0.3) is 0 Å². The van der Waals surface area contributed by atoms with E-state index in [-0.39, 0.29) is 24.0 Å². The van der Waals surface area contributed by atoms with Crippen molar-refractivity contribution in [3.63, 3.8) is 0 Å². The predicted octanol–water partition coefficient (Wildman–Crippen LogP) is 2.51. The van der Waals surface area contributed by atoms with Gasteiger partial charge in [0.05, 0.1) is 9.90 Å². The lowest BCUT2D eigenvalue weighted by Crippen LogP contribution is -2.52. The number of halogens is 1. The second-order valence-electron chi connectivity index (χ2n) is 6.76. The zero-order valence-electron chi connectivity index (χ0n) is 16.9. The van der Waals surface area contributed by atoms with Crippen LogP contribution in [0, 0.1) is 0 Å². The van der Waals surface area contributed by atoms with Gasteiger partial charge in [-0.25, -0.2) is 12.7 Å². The molecule has 3 rings (SSSR count). The summed E-state index contributed by atoms with van der Waals surface area (Å²) >= 11 is 1.77. The minimum absolute atomic E-state index is 0. The van der Waals surface area contributed by atoms with Crippen LogP contribution in [0.2, 0.25) is 0 Å². The highest BCUT2D eigenvalue weighted by Crippen LogP contribution is 2.22. The zero-order valence-corrected chi connectivity index (χ0v) is 20.9. The summed E-state index contributed by atoms with van der Waals surface area (Å²) in [6, 6.07) is 11.2. The number of thiophene rings is 1. The monoisotopic (exact) mass is 549 g/mol. The van der Waals surface area contributed by atoms with Gasteiger partial charge in [0.2, 0.25) is 10.0 Å². The van der Waals surface area contributed by atoms with E-state index in [0.717, 1.165) is 37.7 Å². The minimum atomic E-state index is -3.39. The highest BCUT2D eigenvalue weighted by Gasteiger charge is 2.20. The van der Waals surface area contributed by atoms with E-state index in [0.29, 0.717) is 11.4 Å². The van der Waals surface area contributed by atoms with Gasteiger partial charge in [-0.05, 0) is 35.2 Å². The molecule has 0 saturated carbocycles. The molecule has 10 heteroatoms. The molecular weight excluding hydrogens is 521 g/mol. The van der Waals surface area contributed by atoms with Gasteiger partial charge in [-0.3, -0.25) is 4.99 Å². The molecule has 2 heterocycles. The van der Waals surface area contributed by atoms with E-state index < -0.39 is 10.0 Å². The van der Waals surface area contributed by atoms with Crippen molar-refractivity contribution in [2.45, 2.75) is 11.4 Å². The van der Waals surface area contributed by atoms with Gasteiger partial charge in [-0.2, -0.15) is 0 Å². The average molecular weight is 550 g/mol. The van der Waals surface area contributed by atoms with Gasteiger partial charge >= 0.3 is 0 Å². The lowest BCUT2D eigenvalue weighted by molar-refractivity contribution is 0.373. The van der Waals surface area contributed by atoms with Crippen LogP contribution in [-0.4, -0.2) is 70.9 Å². The molecule has 7 nitrogen and oxygen atoms in total. The number of anilines is 1. The van der Waals surface area contributed by atoms with Crippen molar-refractivity contribution in [3.8, 4) is 0 Å². The number of piperazine rings is 1. The summed E-state index contributed by atoms with van der Waals surface area (Å²) in [5.41, 5.74) is 1.01. The molecule has 0 spiro atoms. The summed E-state index contributed by atoms with van der Waals surface area (Å²) < 4.78 is 25.5. The minimum Gasteiger partial charge on any atom is -0.360 e. The maximum absolute atomic E-state index is 12.2. The smallest absolute Gasteiger partial charge is 0.242 e. The average Bonchev–Trinajstić information content (AvgIpc) is 3.24. The number of benzene rings is 1. The fraction of sp³-hybridized carbons (Fsp3) is 0.421. The Balaban J connectivity index is 0.00000300. The summed E-state index contributed by atoms with van der Waals surface area (Å²) in [7, 11) is 1.47. The molecule has 2 aromatic rings. The van der Waals surface area contributed by atoms with Crippen molar-refractivity contribution in [2.24, 2.45) is 4.99 Å². The van der Waals surface area contributed by atoms with Crippen molar-refractivity contribution >= 4 is 56.3 Å². The largest absolute Gasteiger partial charge is 0.360 e. The lowest BCUT2D eigenvalue weighted by atomic mass is 10.2. The number of aliphatic imine (C=N–C) groups is 1. The molecule has 1 fully saturated rings. The Morgan fingerprint density at radius 2 is 1.79 bits per heavy atom. The van der Waals surface area contributed by atoms with Gasteiger partial charge in [-0.15, -0.1) is 35.3 Å². The Bertz CT molecular complexity index is 891. The van der Waals surface area contributed by atoms with Crippen molar-refractivity contribution in [1.82, 2.24) is 14.5 Å². The maximum Gasteiger partial charge on any atom is 0.242 e. The standard InChI is InChI=1S/C19H27N5O2S2.HI/c1-20-19(24-12-10-23(11-13-24)18-5-4-14-27-18)21-15-16-6-8-17(9-7-16)28(25,26)22(2)3;/h4-9,14H,10-13,15H2,1-3H3,(H,20,21);1H. The second-order valence-corrected chi connectivity index (χ2v) is 9.84. The normalized spacial score (nSPS) is 15.4. The summed E-state index contributed by atoms with van der Waals surface area (Å²) in [5.74, 6) is 0.871. The van der Waals surface area contributed by atoms with E-state index in [4.69, 9.17) is 0 Å². The molecule has 160 valence electrons. The van der Waals surface area contributed by atoms with E-state index in [2.05, 4.69) is 37.6 Å². The van der Waals surface area contributed by atoms with Crippen LogP contribution in [0.15, 0.2) is 51.7 Å². The summed E-state index contributed by atoms with van der Waals surface area (Å²) in [6.45, 7) is 4.37. The summed E-state index contributed by atoms with van der Waals surface area (Å²) in [5, 5.41) is 6.81. The Morgan fingerprint density at radius 1 is 1.14 bits per heavy atom. The third-order valence-electron chi connectivity index (χ3n) is 4.76. The van der Waals surface area contributed by atoms with Crippen molar-refractivity contribution in [2.75, 3.05) is 52.2 Å².